The van der Waals surface area contributed by atoms with E-state index in [2.05, 4.69) is 5.32 Å². The van der Waals surface area contributed by atoms with E-state index in [1.807, 2.05) is 6.07 Å². The number of amides is 1. The number of nitrogens with one attached hydrogen (secondary N) is 1. The van der Waals surface area contributed by atoms with Crippen molar-refractivity contribution in [1.29, 1.82) is 0 Å². The molecule has 0 unspecified atom stereocenters. The van der Waals surface area contributed by atoms with Crippen LogP contribution in [0.1, 0.15) is 26.5 Å². The molecule has 0 radical (unpaired) electrons. The molecule has 0 aliphatic heterocycles. The van der Waals surface area contributed by atoms with Crippen LogP contribution in [0.3, 0.4) is 0 Å². The van der Waals surface area contributed by atoms with E-state index in [0.29, 0.717) is 4.88 Å². The number of fused-ring (bicyclic) bond motifs is 1. The van der Waals surface area contributed by atoms with Gasteiger partial charge in [0.05, 0.1) is 15.6 Å². The van der Waals surface area contributed by atoms with Gasteiger partial charge in [-0.25, -0.2) is 4.79 Å². The summed E-state index contributed by atoms with van der Waals surface area (Å²) in [5.41, 5.74) is 1.21. The van der Waals surface area contributed by atoms with Crippen molar-refractivity contribution in [2.75, 3.05) is 11.9 Å². The number of carbonyl (C=O) groups excluding carboxylic acids is 2. The van der Waals surface area contributed by atoms with Gasteiger partial charge in [-0.3, -0.25) is 14.9 Å². The minimum absolute atomic E-state index is 0.0311. The van der Waals surface area contributed by atoms with Gasteiger partial charge in [-0.05, 0) is 37.0 Å². The molecule has 1 amide bonds. The molecule has 1 heterocycles. The van der Waals surface area contributed by atoms with Crippen LogP contribution in [-0.4, -0.2) is 23.4 Å². The lowest BCUT2D eigenvalue weighted by atomic mass is 10.2. The van der Waals surface area contributed by atoms with Crippen molar-refractivity contribution < 1.29 is 19.2 Å². The summed E-state index contributed by atoms with van der Waals surface area (Å²) in [6.07, 6.45) is 3.06. The maximum atomic E-state index is 12.0. The highest BCUT2D eigenvalue weighted by Gasteiger charge is 2.20. The zero-order valence-electron chi connectivity index (χ0n) is 12.9. The van der Waals surface area contributed by atoms with E-state index in [9.17, 15) is 19.7 Å². The first-order chi connectivity index (χ1) is 11.9. The van der Waals surface area contributed by atoms with Gasteiger partial charge in [0.25, 0.3) is 11.6 Å². The molecule has 0 atom stereocenters. The van der Waals surface area contributed by atoms with Crippen LogP contribution >= 0.6 is 22.9 Å². The maximum Gasteiger partial charge on any atom is 0.348 e. The number of hydrogen-bond donors (Lipinski definition) is 1. The van der Waals surface area contributed by atoms with E-state index in [4.69, 9.17) is 16.3 Å². The van der Waals surface area contributed by atoms with Crippen LogP contribution in [0.15, 0.2) is 24.3 Å². The van der Waals surface area contributed by atoms with Crippen molar-refractivity contribution in [3.63, 3.8) is 0 Å². The van der Waals surface area contributed by atoms with Crippen molar-refractivity contribution >= 4 is 46.2 Å². The topological polar surface area (TPSA) is 98.5 Å². The van der Waals surface area contributed by atoms with Gasteiger partial charge in [0.1, 0.15) is 4.88 Å². The molecule has 0 spiro atoms. The Morgan fingerprint density at radius 1 is 1.32 bits per heavy atom. The SMILES string of the molecule is O=C(COC(=O)c1cc2c(s1)CCC2)Nc1ccc([N+](=O)[O-])cc1Cl. The van der Waals surface area contributed by atoms with Crippen LogP contribution in [0, 0.1) is 10.1 Å². The van der Waals surface area contributed by atoms with Crippen LogP contribution in [0.5, 0.6) is 0 Å². The molecule has 130 valence electrons. The molecule has 7 nitrogen and oxygen atoms in total. The summed E-state index contributed by atoms with van der Waals surface area (Å²) < 4.78 is 5.01. The maximum absolute atomic E-state index is 12.0. The molecule has 9 heteroatoms. The van der Waals surface area contributed by atoms with Crippen molar-refractivity contribution in [2.24, 2.45) is 0 Å². The van der Waals surface area contributed by atoms with Gasteiger partial charge in [-0.2, -0.15) is 0 Å². The average Bonchev–Trinajstić information content (AvgIpc) is 3.16. The Hall–Kier alpha value is -2.45. The normalized spacial score (nSPS) is 12.5. The molecule has 1 aromatic heterocycles. The van der Waals surface area contributed by atoms with Crippen molar-refractivity contribution in [2.45, 2.75) is 19.3 Å². The zero-order valence-corrected chi connectivity index (χ0v) is 14.5. The molecular formula is C16H13ClN2O5S. The molecule has 0 bridgehead atoms. The Kier molecular flexibility index (Phi) is 5.00. The number of benzene rings is 1. The molecule has 2 aromatic rings. The largest absolute Gasteiger partial charge is 0.451 e. The number of non-ortho nitro benzene ring substituents is 1. The lowest BCUT2D eigenvalue weighted by molar-refractivity contribution is -0.384. The summed E-state index contributed by atoms with van der Waals surface area (Å²) in [5.74, 6) is -1.11. The van der Waals surface area contributed by atoms with Gasteiger partial charge in [0.2, 0.25) is 0 Å². The van der Waals surface area contributed by atoms with Crippen LogP contribution in [0.2, 0.25) is 5.02 Å². The molecule has 25 heavy (non-hydrogen) atoms. The molecule has 1 aliphatic rings. The predicted octanol–water partition coefficient (Wildman–Crippen LogP) is 3.59. The Labute approximate surface area is 151 Å². The molecular weight excluding hydrogens is 368 g/mol. The number of halogens is 1. The second-order valence-corrected chi connectivity index (χ2v) is 7.00. The van der Waals surface area contributed by atoms with Crippen molar-refractivity contribution in [3.05, 3.63) is 54.7 Å². The number of esters is 1. The Morgan fingerprint density at radius 3 is 2.80 bits per heavy atom. The fraction of sp³-hybridized carbons (Fsp3) is 0.250. The monoisotopic (exact) mass is 380 g/mol. The highest BCUT2D eigenvalue weighted by molar-refractivity contribution is 7.14. The fourth-order valence-corrected chi connectivity index (χ4v) is 3.91. The number of carbonyl (C=O) groups is 2. The summed E-state index contributed by atoms with van der Waals surface area (Å²) in [6, 6.07) is 5.50. The Balaban J connectivity index is 1.55. The van der Waals surface area contributed by atoms with Gasteiger partial charge in [0, 0.05) is 17.0 Å². The number of anilines is 1. The van der Waals surface area contributed by atoms with Crippen LogP contribution < -0.4 is 5.32 Å². The highest BCUT2D eigenvalue weighted by atomic mass is 35.5. The van der Waals surface area contributed by atoms with Crippen molar-refractivity contribution in [3.8, 4) is 0 Å². The predicted molar refractivity (Wildman–Crippen MR) is 93.4 cm³/mol. The number of thiophene rings is 1. The molecule has 0 saturated carbocycles. The third-order valence-electron chi connectivity index (χ3n) is 3.72. The Bertz CT molecular complexity index is 843. The van der Waals surface area contributed by atoms with Crippen LogP contribution in [-0.2, 0) is 22.4 Å². The quantitative estimate of drug-likeness (QED) is 0.485. The smallest absolute Gasteiger partial charge is 0.348 e. The van der Waals surface area contributed by atoms with E-state index in [-0.39, 0.29) is 16.4 Å². The number of hydrogen-bond acceptors (Lipinski definition) is 6. The zero-order chi connectivity index (χ0) is 18.0. The van der Waals surface area contributed by atoms with Crippen LogP contribution in [0.4, 0.5) is 11.4 Å². The summed E-state index contributed by atoms with van der Waals surface area (Å²) in [6.45, 7) is -0.464. The van der Waals surface area contributed by atoms with Gasteiger partial charge >= 0.3 is 5.97 Å². The first-order valence-corrected chi connectivity index (χ1v) is 8.66. The molecule has 1 aromatic carbocycles. The second kappa shape index (κ2) is 7.20. The van der Waals surface area contributed by atoms with Gasteiger partial charge < -0.3 is 10.1 Å². The third kappa shape index (κ3) is 3.97. The standard InChI is InChI=1S/C16H13ClN2O5S/c17-11-7-10(19(22)23)4-5-12(11)18-15(20)8-24-16(21)14-6-9-2-1-3-13(9)25-14/h4-7H,1-3,8H2,(H,18,20). The average molecular weight is 381 g/mol. The highest BCUT2D eigenvalue weighted by Crippen LogP contribution is 2.31. The molecule has 0 fully saturated rings. The van der Waals surface area contributed by atoms with Crippen LogP contribution in [0.25, 0.3) is 0 Å². The number of rotatable bonds is 5. The van der Waals surface area contributed by atoms with E-state index in [1.165, 1.54) is 33.9 Å². The summed E-state index contributed by atoms with van der Waals surface area (Å²) >= 11 is 7.29. The van der Waals surface area contributed by atoms with Gasteiger partial charge in [0.15, 0.2) is 6.61 Å². The number of ether oxygens (including phenoxy) is 1. The molecule has 0 saturated heterocycles. The second-order valence-electron chi connectivity index (χ2n) is 5.46. The van der Waals surface area contributed by atoms with E-state index in [1.54, 1.807) is 0 Å². The van der Waals surface area contributed by atoms with E-state index >= 15 is 0 Å². The van der Waals surface area contributed by atoms with E-state index < -0.39 is 23.4 Å². The summed E-state index contributed by atoms with van der Waals surface area (Å²) in [7, 11) is 0. The van der Waals surface area contributed by atoms with E-state index in [0.717, 1.165) is 25.3 Å². The number of nitro benzene ring substituents is 1. The minimum atomic E-state index is -0.586. The first kappa shape index (κ1) is 17.4. The third-order valence-corrected chi connectivity index (χ3v) is 5.25. The molecule has 1 N–H and O–H groups in total. The number of nitrogens with zero attached hydrogens (tertiary/aromatic N) is 1. The Morgan fingerprint density at radius 2 is 2.12 bits per heavy atom. The lowest BCUT2D eigenvalue weighted by Crippen LogP contribution is -2.20. The fourth-order valence-electron chi connectivity index (χ4n) is 2.54. The van der Waals surface area contributed by atoms with Crippen molar-refractivity contribution in [1.82, 2.24) is 0 Å². The first-order valence-electron chi connectivity index (χ1n) is 7.46. The number of nitro groups is 1. The summed E-state index contributed by atoms with van der Waals surface area (Å²) in [4.78, 5) is 35.6. The number of aryl methyl sites for hydroxylation is 2. The van der Waals surface area contributed by atoms with Gasteiger partial charge in [-0.15, -0.1) is 11.3 Å². The molecule has 3 rings (SSSR count). The summed E-state index contributed by atoms with van der Waals surface area (Å²) in [5, 5.41) is 13.1. The van der Waals surface area contributed by atoms with Gasteiger partial charge in [-0.1, -0.05) is 11.6 Å². The molecule has 1 aliphatic carbocycles. The lowest BCUT2D eigenvalue weighted by Gasteiger charge is -2.07. The minimum Gasteiger partial charge on any atom is -0.451 e.